The van der Waals surface area contributed by atoms with Gasteiger partial charge in [0.2, 0.25) is 11.7 Å². The summed E-state index contributed by atoms with van der Waals surface area (Å²) in [7, 11) is 0. The van der Waals surface area contributed by atoms with Crippen molar-refractivity contribution < 1.29 is 37.4 Å². The molecule has 0 aromatic heterocycles. The van der Waals surface area contributed by atoms with Crippen molar-refractivity contribution in [2.45, 2.75) is 71.4 Å². The van der Waals surface area contributed by atoms with E-state index in [9.17, 15) is 19.2 Å². The number of carbonyl (C=O) groups is 4. The molecule has 45 heavy (non-hydrogen) atoms. The predicted molar refractivity (Wildman–Crippen MR) is 164 cm³/mol. The van der Waals surface area contributed by atoms with E-state index in [2.05, 4.69) is 16.0 Å². The molecular formula is C34H39F2N3O6. The van der Waals surface area contributed by atoms with Gasteiger partial charge in [-0.15, -0.1) is 0 Å². The maximum absolute atomic E-state index is 15.1. The van der Waals surface area contributed by atoms with Gasteiger partial charge in [-0.25, -0.2) is 4.79 Å². The fraction of sp³-hybridized carbons (Fsp3) is 0.353. The highest BCUT2D eigenvalue weighted by molar-refractivity contribution is 6.10. The van der Waals surface area contributed by atoms with Crippen molar-refractivity contribution in [2.24, 2.45) is 5.92 Å². The minimum atomic E-state index is -4.43. The average molecular weight is 624 g/mol. The second-order valence-corrected chi connectivity index (χ2v) is 11.2. The molecule has 0 aliphatic heterocycles. The number of ether oxygens (including phenoxy) is 2. The molecule has 0 spiro atoms. The Bertz CT molecular complexity index is 1420. The minimum Gasteiger partial charge on any atom is -0.489 e. The lowest BCUT2D eigenvalue weighted by molar-refractivity contribution is -0.160. The number of benzene rings is 3. The highest BCUT2D eigenvalue weighted by atomic mass is 19.3. The fourth-order valence-corrected chi connectivity index (χ4v) is 4.28. The second-order valence-electron chi connectivity index (χ2n) is 11.2. The van der Waals surface area contributed by atoms with E-state index in [-0.39, 0.29) is 13.0 Å². The van der Waals surface area contributed by atoms with Gasteiger partial charge >= 0.3 is 12.0 Å². The van der Waals surface area contributed by atoms with E-state index in [1.54, 1.807) is 62.4 Å². The summed E-state index contributed by atoms with van der Waals surface area (Å²) in [5, 5.41) is 6.85. The molecule has 2 atom stereocenters. The molecule has 3 aromatic carbocycles. The number of alkyl halides is 2. The summed E-state index contributed by atoms with van der Waals surface area (Å²) in [5.41, 5.74) is 2.11. The number of alkyl carbamates (subject to hydrolysis) is 1. The summed E-state index contributed by atoms with van der Waals surface area (Å²) < 4.78 is 41.2. The Hall–Kier alpha value is -4.80. The first kappa shape index (κ1) is 34.7. The molecule has 0 aliphatic rings. The van der Waals surface area contributed by atoms with Gasteiger partial charge in [0.05, 0.1) is 6.04 Å². The van der Waals surface area contributed by atoms with Crippen LogP contribution in [-0.4, -0.2) is 47.7 Å². The normalized spacial score (nSPS) is 12.6. The highest BCUT2D eigenvalue weighted by Gasteiger charge is 2.50. The van der Waals surface area contributed by atoms with Crippen LogP contribution in [0.4, 0.5) is 13.6 Å². The molecule has 0 bridgehead atoms. The van der Waals surface area contributed by atoms with Crippen LogP contribution in [0.2, 0.25) is 0 Å². The van der Waals surface area contributed by atoms with Gasteiger partial charge in [0.15, 0.2) is 0 Å². The van der Waals surface area contributed by atoms with Crippen LogP contribution in [0.15, 0.2) is 84.9 Å². The SMILES string of the molecule is CC(C)NC(=O)C(F)(F)C(=O)C(Cc1ccc(OCc2ccccc2)cc1)NC(=O)[C@@H](NC(=O)OCc1ccccc1)C(C)C. The topological polar surface area (TPSA) is 123 Å². The Labute approximate surface area is 261 Å². The smallest absolute Gasteiger partial charge is 0.408 e. The molecule has 0 heterocycles. The Morgan fingerprint density at radius 2 is 1.27 bits per heavy atom. The number of hydrogen-bond acceptors (Lipinski definition) is 6. The number of carbonyl (C=O) groups excluding carboxylic acids is 4. The van der Waals surface area contributed by atoms with Gasteiger partial charge in [0.1, 0.15) is 25.0 Å². The van der Waals surface area contributed by atoms with Crippen LogP contribution in [-0.2, 0) is 38.8 Å². The number of amides is 3. The van der Waals surface area contributed by atoms with E-state index in [4.69, 9.17) is 9.47 Å². The molecule has 0 fully saturated rings. The first-order chi connectivity index (χ1) is 21.4. The van der Waals surface area contributed by atoms with Gasteiger partial charge in [-0.2, -0.15) is 8.78 Å². The standard InChI is InChI=1S/C34H39F2N3O6/c1-22(2)29(39-33(43)45-21-26-13-9-6-10-14-26)31(41)38-28(30(40)34(35,36)32(42)37-23(3)4)19-24-15-17-27(18-16-24)44-20-25-11-7-5-8-12-25/h5-18,22-23,28-29H,19-21H2,1-4H3,(H,37,42)(H,38,41)(H,39,43)/t28?,29-/m0/s1. The molecule has 0 radical (unpaired) electrons. The molecule has 0 saturated carbocycles. The summed E-state index contributed by atoms with van der Waals surface area (Å²) in [6, 6.07) is 21.1. The summed E-state index contributed by atoms with van der Waals surface area (Å²) >= 11 is 0. The predicted octanol–water partition coefficient (Wildman–Crippen LogP) is 4.97. The Morgan fingerprint density at radius 1 is 0.711 bits per heavy atom. The van der Waals surface area contributed by atoms with E-state index >= 15 is 8.78 Å². The van der Waals surface area contributed by atoms with Crippen molar-refractivity contribution >= 4 is 23.7 Å². The second kappa shape index (κ2) is 16.3. The molecule has 1 unspecified atom stereocenters. The lowest BCUT2D eigenvalue weighted by Crippen LogP contribution is -2.59. The quantitative estimate of drug-likeness (QED) is 0.206. The van der Waals surface area contributed by atoms with Gasteiger partial charge in [-0.05, 0) is 48.6 Å². The van der Waals surface area contributed by atoms with Crippen molar-refractivity contribution in [1.29, 1.82) is 0 Å². The minimum absolute atomic E-state index is 0.0531. The van der Waals surface area contributed by atoms with E-state index in [0.717, 1.165) is 11.1 Å². The van der Waals surface area contributed by atoms with Crippen molar-refractivity contribution in [3.8, 4) is 5.75 Å². The Kier molecular flexibility index (Phi) is 12.6. The first-order valence-electron chi connectivity index (χ1n) is 14.6. The fourth-order valence-electron chi connectivity index (χ4n) is 4.28. The molecule has 240 valence electrons. The van der Waals surface area contributed by atoms with Crippen molar-refractivity contribution in [2.75, 3.05) is 0 Å². The number of Topliss-reactive ketones (excluding diaryl/α,β-unsaturated/α-hetero) is 1. The maximum atomic E-state index is 15.1. The van der Waals surface area contributed by atoms with Crippen LogP contribution < -0.4 is 20.7 Å². The Balaban J connectivity index is 1.76. The summed E-state index contributed by atoms with van der Waals surface area (Å²) in [6.45, 7) is 6.49. The van der Waals surface area contributed by atoms with E-state index in [0.29, 0.717) is 17.9 Å². The zero-order chi connectivity index (χ0) is 33.0. The largest absolute Gasteiger partial charge is 0.489 e. The monoisotopic (exact) mass is 623 g/mol. The molecular weight excluding hydrogens is 584 g/mol. The van der Waals surface area contributed by atoms with Crippen LogP contribution >= 0.6 is 0 Å². The van der Waals surface area contributed by atoms with E-state index < -0.39 is 53.7 Å². The molecule has 9 nitrogen and oxygen atoms in total. The number of hydrogen-bond donors (Lipinski definition) is 3. The van der Waals surface area contributed by atoms with Crippen molar-refractivity contribution in [1.82, 2.24) is 16.0 Å². The molecule has 0 saturated heterocycles. The molecule has 3 N–H and O–H groups in total. The van der Waals surface area contributed by atoms with Gasteiger partial charge in [0, 0.05) is 12.5 Å². The summed E-state index contributed by atoms with van der Waals surface area (Å²) in [4.78, 5) is 51.3. The summed E-state index contributed by atoms with van der Waals surface area (Å²) in [6.07, 6.45) is -1.25. The van der Waals surface area contributed by atoms with Crippen LogP contribution in [0.3, 0.4) is 0 Å². The number of ketones is 1. The molecule has 3 aromatic rings. The highest BCUT2D eigenvalue weighted by Crippen LogP contribution is 2.22. The third-order valence-corrected chi connectivity index (χ3v) is 6.69. The van der Waals surface area contributed by atoms with E-state index in [1.165, 1.54) is 13.8 Å². The molecule has 3 amide bonds. The van der Waals surface area contributed by atoms with E-state index in [1.807, 2.05) is 36.4 Å². The molecule has 0 aliphatic carbocycles. The van der Waals surface area contributed by atoms with Crippen molar-refractivity contribution in [3.05, 3.63) is 102 Å². The number of nitrogens with one attached hydrogen (secondary N) is 3. The maximum Gasteiger partial charge on any atom is 0.408 e. The van der Waals surface area contributed by atoms with Gasteiger partial charge in [-0.3, -0.25) is 14.4 Å². The van der Waals surface area contributed by atoms with Gasteiger partial charge < -0.3 is 25.4 Å². The van der Waals surface area contributed by atoms with Gasteiger partial charge in [-0.1, -0.05) is 86.6 Å². The Morgan fingerprint density at radius 3 is 1.80 bits per heavy atom. The summed E-state index contributed by atoms with van der Waals surface area (Å²) in [5.74, 6) is -8.87. The van der Waals surface area contributed by atoms with Crippen LogP contribution in [0.5, 0.6) is 5.75 Å². The third-order valence-electron chi connectivity index (χ3n) is 6.69. The zero-order valence-corrected chi connectivity index (χ0v) is 25.7. The lowest BCUT2D eigenvalue weighted by Gasteiger charge is -2.27. The van der Waals surface area contributed by atoms with Crippen molar-refractivity contribution in [3.63, 3.8) is 0 Å². The van der Waals surface area contributed by atoms with Crippen LogP contribution in [0.1, 0.15) is 44.4 Å². The lowest BCUT2D eigenvalue weighted by atomic mass is 9.96. The molecule has 3 rings (SSSR count). The molecule has 11 heteroatoms. The number of halogens is 2. The third kappa shape index (κ3) is 10.7. The van der Waals surface area contributed by atoms with Crippen LogP contribution in [0, 0.1) is 5.92 Å². The first-order valence-corrected chi connectivity index (χ1v) is 14.6. The number of rotatable bonds is 15. The average Bonchev–Trinajstić information content (AvgIpc) is 3.02. The van der Waals surface area contributed by atoms with Gasteiger partial charge in [0.25, 0.3) is 5.91 Å². The van der Waals surface area contributed by atoms with Crippen LogP contribution in [0.25, 0.3) is 0 Å². The zero-order valence-electron chi connectivity index (χ0n) is 25.7.